The van der Waals surface area contributed by atoms with E-state index in [0.29, 0.717) is 24.3 Å². The van der Waals surface area contributed by atoms with Gasteiger partial charge in [-0.2, -0.15) is 0 Å². The number of carbonyl (C=O) groups excluding carboxylic acids is 2. The molecule has 1 aliphatic heterocycles. The van der Waals surface area contributed by atoms with Crippen molar-refractivity contribution < 1.29 is 34.4 Å². The minimum absolute atomic E-state index is 0.113. The number of fused-ring (bicyclic) bond motifs is 1. The number of aryl methyl sites for hydroxylation is 1. The van der Waals surface area contributed by atoms with Crippen LogP contribution in [-0.2, 0) is 22.3 Å². The van der Waals surface area contributed by atoms with E-state index in [1.165, 1.54) is 0 Å². The van der Waals surface area contributed by atoms with Gasteiger partial charge in [-0.25, -0.2) is 0 Å². The number of carbonyl (C=O) groups is 2. The highest BCUT2D eigenvalue weighted by Crippen LogP contribution is 2.39. The third-order valence-electron chi connectivity index (χ3n) is 8.93. The summed E-state index contributed by atoms with van der Waals surface area (Å²) in [6.07, 6.45) is 1.71. The predicted molar refractivity (Wildman–Crippen MR) is 148 cm³/mol. The molecule has 1 aromatic carbocycles. The van der Waals surface area contributed by atoms with Crippen molar-refractivity contribution in [2.24, 2.45) is 17.1 Å². The predicted octanol–water partition coefficient (Wildman–Crippen LogP) is 2.99. The van der Waals surface area contributed by atoms with Crippen molar-refractivity contribution in [3.63, 3.8) is 0 Å². The Bertz CT molecular complexity index is 1280. The molecule has 9 heteroatoms. The number of nitrogens with zero attached hydrogens (tertiary/aromatic N) is 1. The zero-order chi connectivity index (χ0) is 28.9. The van der Waals surface area contributed by atoms with Gasteiger partial charge in [-0.3, -0.25) is 9.59 Å². The summed E-state index contributed by atoms with van der Waals surface area (Å²) in [5.41, 5.74) is 10.8. The standard InChI is InChI=1S/C31H42N2O7/c1-16-15-33(23-13-31(3,4)14-24(34)25(16)23)20-7-10-22(29(32)38)19(12-20)11-18-5-8-21(9-6-18)40-30-28(37)27(36)26(35)17(2)39-30/h7,10,12,15,17-18,21,26-28,30,35-37H,5-6,8-9,11,13-14H2,1-4H3,(H2,32,38)/t17-,18?,21?,26+,27+,28-,30-/m0/s1. The quantitative estimate of drug-likeness (QED) is 0.430. The van der Waals surface area contributed by atoms with Crippen LogP contribution in [0.25, 0.3) is 5.69 Å². The van der Waals surface area contributed by atoms with Gasteiger partial charge in [0.2, 0.25) is 5.91 Å². The summed E-state index contributed by atoms with van der Waals surface area (Å²) in [5.74, 6) is 0.0400. The molecule has 2 aromatic rings. The van der Waals surface area contributed by atoms with Crippen LogP contribution in [0.1, 0.15) is 90.4 Å². The first-order valence-electron chi connectivity index (χ1n) is 14.4. The summed E-state index contributed by atoms with van der Waals surface area (Å²) >= 11 is 0. The Balaban J connectivity index is 1.30. The van der Waals surface area contributed by atoms with Crippen molar-refractivity contribution in [3.8, 4) is 5.69 Å². The number of benzene rings is 1. The second-order valence-electron chi connectivity index (χ2n) is 12.8. The van der Waals surface area contributed by atoms with Crippen molar-refractivity contribution in [2.75, 3.05) is 0 Å². The highest BCUT2D eigenvalue weighted by atomic mass is 16.7. The number of rotatable bonds is 6. The molecule has 0 spiro atoms. The smallest absolute Gasteiger partial charge is 0.248 e. The van der Waals surface area contributed by atoms with Gasteiger partial charge in [-0.15, -0.1) is 0 Å². The summed E-state index contributed by atoms with van der Waals surface area (Å²) in [4.78, 5) is 25.3. The second kappa shape index (κ2) is 11.0. The minimum Gasteiger partial charge on any atom is -0.388 e. The van der Waals surface area contributed by atoms with Gasteiger partial charge in [-0.1, -0.05) is 13.8 Å². The molecule has 2 heterocycles. The van der Waals surface area contributed by atoms with Crippen molar-refractivity contribution in [2.45, 2.75) is 109 Å². The number of aliphatic hydroxyl groups is 3. The molecule has 0 radical (unpaired) electrons. The molecule has 0 bridgehead atoms. The van der Waals surface area contributed by atoms with E-state index in [9.17, 15) is 24.9 Å². The molecule has 1 amide bonds. The summed E-state index contributed by atoms with van der Waals surface area (Å²) in [6.45, 7) is 7.86. The zero-order valence-corrected chi connectivity index (χ0v) is 23.8. The molecule has 9 nitrogen and oxygen atoms in total. The van der Waals surface area contributed by atoms with E-state index in [1.807, 2.05) is 25.3 Å². The number of ether oxygens (including phenoxy) is 2. The van der Waals surface area contributed by atoms with E-state index < -0.39 is 36.6 Å². The number of ketones is 1. The number of Topliss-reactive ketones (excluding diaryl/α,β-unsaturated/α-hetero) is 1. The van der Waals surface area contributed by atoms with Crippen molar-refractivity contribution in [3.05, 3.63) is 52.3 Å². The maximum Gasteiger partial charge on any atom is 0.248 e. The Morgan fingerprint density at radius 1 is 1.10 bits per heavy atom. The average Bonchev–Trinajstić information content (AvgIpc) is 3.22. The fourth-order valence-corrected chi connectivity index (χ4v) is 6.75. The number of primary amides is 1. The molecular weight excluding hydrogens is 512 g/mol. The van der Waals surface area contributed by atoms with Crippen molar-refractivity contribution in [1.29, 1.82) is 0 Å². The van der Waals surface area contributed by atoms with Gasteiger partial charge in [0.05, 0.1) is 12.2 Å². The fourth-order valence-electron chi connectivity index (χ4n) is 6.75. The topological polar surface area (TPSA) is 144 Å². The molecule has 3 aliphatic rings. The summed E-state index contributed by atoms with van der Waals surface area (Å²) in [5, 5.41) is 30.3. The number of hydrogen-bond donors (Lipinski definition) is 4. The molecule has 0 unspecified atom stereocenters. The number of aliphatic hydroxyl groups excluding tert-OH is 3. The third kappa shape index (κ3) is 5.63. The lowest BCUT2D eigenvalue weighted by Gasteiger charge is -2.41. The van der Waals surface area contributed by atoms with Crippen LogP contribution in [0.5, 0.6) is 0 Å². The Morgan fingerprint density at radius 3 is 2.48 bits per heavy atom. The lowest BCUT2D eigenvalue weighted by atomic mass is 9.75. The van der Waals surface area contributed by atoms with Crippen LogP contribution in [0, 0.1) is 18.3 Å². The molecule has 1 aromatic heterocycles. The first-order valence-corrected chi connectivity index (χ1v) is 14.4. The molecule has 218 valence electrons. The summed E-state index contributed by atoms with van der Waals surface area (Å²) in [6, 6.07) is 5.73. The highest BCUT2D eigenvalue weighted by molar-refractivity contribution is 6.00. The van der Waals surface area contributed by atoms with E-state index in [-0.39, 0.29) is 17.3 Å². The maximum absolute atomic E-state index is 12.9. The van der Waals surface area contributed by atoms with Crippen LogP contribution in [0.4, 0.5) is 0 Å². The normalized spacial score (nSPS) is 32.1. The first-order chi connectivity index (χ1) is 18.8. The SMILES string of the molecule is Cc1cn(-c2ccc(C(N)=O)c(CC3CCC(O[C@@H]4O[C@@H](C)[C@@H](O)[C@@H](O)[C@@H]4O)CC3)c2)c2c1C(=O)CC(C)(C)C2. The molecule has 2 fully saturated rings. The van der Waals surface area contributed by atoms with E-state index >= 15 is 0 Å². The Kier molecular flexibility index (Phi) is 7.98. The second-order valence-corrected chi connectivity index (χ2v) is 12.8. The van der Waals surface area contributed by atoms with Crippen LogP contribution in [0.2, 0.25) is 0 Å². The zero-order valence-electron chi connectivity index (χ0n) is 23.8. The molecular formula is C31H42N2O7. The molecule has 2 aliphatic carbocycles. The van der Waals surface area contributed by atoms with E-state index in [0.717, 1.165) is 60.2 Å². The largest absolute Gasteiger partial charge is 0.388 e. The lowest BCUT2D eigenvalue weighted by Crippen LogP contribution is -2.58. The van der Waals surface area contributed by atoms with Crippen LogP contribution in [0.15, 0.2) is 24.4 Å². The Morgan fingerprint density at radius 2 is 1.80 bits per heavy atom. The van der Waals surface area contributed by atoms with Gasteiger partial charge in [0.1, 0.15) is 18.3 Å². The summed E-state index contributed by atoms with van der Waals surface area (Å²) in [7, 11) is 0. The molecule has 40 heavy (non-hydrogen) atoms. The molecule has 5 N–H and O–H groups in total. The van der Waals surface area contributed by atoms with Gasteiger partial charge in [0.25, 0.3) is 0 Å². The fraction of sp³-hybridized carbons (Fsp3) is 0.613. The van der Waals surface area contributed by atoms with Crippen molar-refractivity contribution in [1.82, 2.24) is 4.57 Å². The van der Waals surface area contributed by atoms with E-state index in [1.54, 1.807) is 13.0 Å². The van der Waals surface area contributed by atoms with Crippen LogP contribution >= 0.6 is 0 Å². The summed E-state index contributed by atoms with van der Waals surface area (Å²) < 4.78 is 13.7. The minimum atomic E-state index is -1.32. The molecule has 1 saturated heterocycles. The Labute approximate surface area is 235 Å². The van der Waals surface area contributed by atoms with Gasteiger partial charge in [0, 0.05) is 35.1 Å². The van der Waals surface area contributed by atoms with Gasteiger partial charge >= 0.3 is 0 Å². The molecule has 5 atom stereocenters. The van der Waals surface area contributed by atoms with Gasteiger partial charge in [0.15, 0.2) is 12.1 Å². The number of amides is 1. The average molecular weight is 555 g/mol. The van der Waals surface area contributed by atoms with E-state index in [2.05, 4.69) is 18.4 Å². The molecule has 5 rings (SSSR count). The van der Waals surface area contributed by atoms with Crippen molar-refractivity contribution >= 4 is 11.7 Å². The van der Waals surface area contributed by atoms with E-state index in [4.69, 9.17) is 15.2 Å². The first kappa shape index (κ1) is 29.0. The maximum atomic E-state index is 12.9. The number of aromatic nitrogens is 1. The number of hydrogen-bond acceptors (Lipinski definition) is 7. The monoisotopic (exact) mass is 554 g/mol. The van der Waals surface area contributed by atoms with Gasteiger partial charge in [-0.05, 0) is 93.0 Å². The van der Waals surface area contributed by atoms with Crippen LogP contribution in [0.3, 0.4) is 0 Å². The number of nitrogens with two attached hydrogens (primary N) is 1. The third-order valence-corrected chi connectivity index (χ3v) is 8.93. The lowest BCUT2D eigenvalue weighted by molar-refractivity contribution is -0.306. The Hall–Kier alpha value is -2.56. The van der Waals surface area contributed by atoms with Crippen LogP contribution < -0.4 is 5.73 Å². The van der Waals surface area contributed by atoms with Crippen LogP contribution in [-0.4, -0.2) is 68.4 Å². The highest BCUT2D eigenvalue weighted by Gasteiger charge is 2.43. The van der Waals surface area contributed by atoms with Gasteiger partial charge < -0.3 is 35.1 Å². The molecule has 1 saturated carbocycles.